The van der Waals surface area contributed by atoms with Gasteiger partial charge in [-0.05, 0) is 6.92 Å². The number of amides is 1. The lowest BCUT2D eigenvalue weighted by atomic mass is 9.93. The summed E-state index contributed by atoms with van der Waals surface area (Å²) in [6.07, 6.45) is 0.768. The molecule has 0 saturated carbocycles. The summed E-state index contributed by atoms with van der Waals surface area (Å²) in [7, 11) is 2.04. The molecule has 0 unspecified atom stereocenters. The normalized spacial score (nSPS) is 14.1. The lowest BCUT2D eigenvalue weighted by Gasteiger charge is -2.35. The molecule has 0 saturated heterocycles. The van der Waals surface area contributed by atoms with Gasteiger partial charge in [0.05, 0.1) is 12.2 Å². The van der Waals surface area contributed by atoms with E-state index in [0.29, 0.717) is 13.1 Å². The molecule has 0 radical (unpaired) electrons. The molecule has 0 aliphatic carbocycles. The van der Waals surface area contributed by atoms with Gasteiger partial charge in [-0.1, -0.05) is 51.1 Å². The Morgan fingerprint density at radius 2 is 1.88 bits per heavy atom. The van der Waals surface area contributed by atoms with Gasteiger partial charge in [0.25, 0.3) is 0 Å². The number of aromatic nitrogens is 2. The van der Waals surface area contributed by atoms with Crippen LogP contribution in [0.1, 0.15) is 39.0 Å². The molecule has 0 spiro atoms. The molecule has 5 heteroatoms. The summed E-state index contributed by atoms with van der Waals surface area (Å²) >= 11 is 0. The quantitative estimate of drug-likeness (QED) is 0.848. The van der Waals surface area contributed by atoms with Gasteiger partial charge in [0.1, 0.15) is 5.82 Å². The van der Waals surface area contributed by atoms with E-state index in [4.69, 9.17) is 9.97 Å². The second-order valence-electron chi connectivity index (χ2n) is 7.90. The highest BCUT2D eigenvalue weighted by atomic mass is 16.2. The Labute approximate surface area is 156 Å². The van der Waals surface area contributed by atoms with E-state index in [1.807, 2.05) is 63.1 Å². The number of benzene rings is 1. The minimum atomic E-state index is -0.376. The predicted molar refractivity (Wildman–Crippen MR) is 105 cm³/mol. The molecular formula is C21H28N4O. The topological polar surface area (TPSA) is 49.3 Å². The third-order valence-electron chi connectivity index (χ3n) is 4.84. The molecule has 1 aromatic carbocycles. The molecular weight excluding hydrogens is 324 g/mol. The van der Waals surface area contributed by atoms with Crippen LogP contribution in [0.4, 0.5) is 5.82 Å². The third-order valence-corrected chi connectivity index (χ3v) is 4.84. The van der Waals surface area contributed by atoms with Gasteiger partial charge in [0.2, 0.25) is 5.91 Å². The molecule has 5 nitrogen and oxygen atoms in total. The van der Waals surface area contributed by atoms with Gasteiger partial charge < -0.3 is 9.80 Å². The second-order valence-corrected chi connectivity index (χ2v) is 7.90. The van der Waals surface area contributed by atoms with Crippen LogP contribution in [0.25, 0.3) is 11.4 Å². The van der Waals surface area contributed by atoms with Crippen LogP contribution >= 0.6 is 0 Å². The fourth-order valence-electron chi connectivity index (χ4n) is 3.23. The van der Waals surface area contributed by atoms with Gasteiger partial charge in [-0.25, -0.2) is 9.97 Å². The summed E-state index contributed by atoms with van der Waals surface area (Å²) < 4.78 is 0. The predicted octanol–water partition coefficient (Wildman–Crippen LogP) is 3.53. The Balaban J connectivity index is 2.03. The fraction of sp³-hybridized carbons (Fsp3) is 0.476. The molecule has 1 aliphatic rings. The first-order valence-corrected chi connectivity index (χ1v) is 9.27. The highest BCUT2D eigenvalue weighted by molar-refractivity contribution is 5.82. The molecule has 26 heavy (non-hydrogen) atoms. The number of carbonyl (C=O) groups excluding carboxylic acids is 1. The zero-order valence-corrected chi connectivity index (χ0v) is 16.4. The zero-order valence-electron chi connectivity index (χ0n) is 16.4. The minimum absolute atomic E-state index is 0.181. The molecule has 3 rings (SSSR count). The molecule has 2 heterocycles. The monoisotopic (exact) mass is 352 g/mol. The van der Waals surface area contributed by atoms with E-state index in [-0.39, 0.29) is 11.3 Å². The summed E-state index contributed by atoms with van der Waals surface area (Å²) in [4.78, 5) is 26.5. The minimum Gasteiger partial charge on any atom is -0.360 e. The zero-order chi connectivity index (χ0) is 18.9. The number of fused-ring (bicyclic) bond motifs is 1. The Kier molecular flexibility index (Phi) is 4.99. The highest BCUT2D eigenvalue weighted by Crippen LogP contribution is 2.31. The van der Waals surface area contributed by atoms with Crippen molar-refractivity contribution in [3.63, 3.8) is 0 Å². The second kappa shape index (κ2) is 7.06. The van der Waals surface area contributed by atoms with E-state index in [0.717, 1.165) is 41.4 Å². The first kappa shape index (κ1) is 18.4. The SMILES string of the molecule is CCN(C)c1nc(-c2ccccc2)nc2c1CN(C(=O)C(C)(C)C)CC2. The number of rotatable bonds is 3. The van der Waals surface area contributed by atoms with Crippen molar-refractivity contribution >= 4 is 11.7 Å². The third kappa shape index (κ3) is 3.57. The smallest absolute Gasteiger partial charge is 0.228 e. The maximum Gasteiger partial charge on any atom is 0.228 e. The molecule has 1 aliphatic heterocycles. The molecule has 1 amide bonds. The Hall–Kier alpha value is -2.43. The maximum absolute atomic E-state index is 12.7. The number of hydrogen-bond acceptors (Lipinski definition) is 4. The van der Waals surface area contributed by atoms with Crippen LogP contribution in [0.3, 0.4) is 0 Å². The lowest BCUT2D eigenvalue weighted by molar-refractivity contribution is -0.140. The van der Waals surface area contributed by atoms with E-state index in [1.165, 1.54) is 0 Å². The van der Waals surface area contributed by atoms with E-state index < -0.39 is 0 Å². The van der Waals surface area contributed by atoms with E-state index >= 15 is 0 Å². The van der Waals surface area contributed by atoms with Crippen molar-refractivity contribution in [1.82, 2.24) is 14.9 Å². The average molecular weight is 352 g/mol. The molecule has 0 atom stereocenters. The van der Waals surface area contributed by atoms with Crippen molar-refractivity contribution in [2.45, 2.75) is 40.7 Å². The molecule has 0 bridgehead atoms. The van der Waals surface area contributed by atoms with Gasteiger partial charge in [-0.15, -0.1) is 0 Å². The van der Waals surface area contributed by atoms with E-state index in [9.17, 15) is 4.79 Å². The van der Waals surface area contributed by atoms with Crippen LogP contribution in [0.2, 0.25) is 0 Å². The Morgan fingerprint density at radius 1 is 1.19 bits per heavy atom. The van der Waals surface area contributed by atoms with Crippen molar-refractivity contribution < 1.29 is 4.79 Å². The largest absolute Gasteiger partial charge is 0.360 e. The van der Waals surface area contributed by atoms with E-state index in [2.05, 4.69) is 11.8 Å². The van der Waals surface area contributed by atoms with Crippen molar-refractivity contribution in [3.05, 3.63) is 41.6 Å². The van der Waals surface area contributed by atoms with Crippen LogP contribution in [-0.4, -0.2) is 40.9 Å². The van der Waals surface area contributed by atoms with Crippen LogP contribution in [0, 0.1) is 5.41 Å². The fourth-order valence-corrected chi connectivity index (χ4v) is 3.23. The Bertz CT molecular complexity index is 796. The number of anilines is 1. The van der Waals surface area contributed by atoms with E-state index in [1.54, 1.807) is 0 Å². The van der Waals surface area contributed by atoms with Gasteiger partial charge in [0.15, 0.2) is 5.82 Å². The highest BCUT2D eigenvalue weighted by Gasteiger charge is 2.32. The van der Waals surface area contributed by atoms with Gasteiger partial charge >= 0.3 is 0 Å². The summed E-state index contributed by atoms with van der Waals surface area (Å²) in [6.45, 7) is 10.2. The van der Waals surface area contributed by atoms with Gasteiger partial charge in [-0.2, -0.15) is 0 Å². The number of nitrogens with zero attached hydrogens (tertiary/aromatic N) is 4. The van der Waals surface area contributed by atoms with Crippen LogP contribution < -0.4 is 4.90 Å². The van der Waals surface area contributed by atoms with Gasteiger partial charge in [0, 0.05) is 43.1 Å². The van der Waals surface area contributed by atoms with Crippen LogP contribution in [0.15, 0.2) is 30.3 Å². The van der Waals surface area contributed by atoms with Crippen molar-refractivity contribution in [3.8, 4) is 11.4 Å². The summed E-state index contributed by atoms with van der Waals surface area (Å²) in [6, 6.07) is 10.1. The van der Waals surface area contributed by atoms with Gasteiger partial charge in [-0.3, -0.25) is 4.79 Å². The van der Waals surface area contributed by atoms with Crippen LogP contribution in [0.5, 0.6) is 0 Å². The van der Waals surface area contributed by atoms with Crippen LogP contribution in [-0.2, 0) is 17.8 Å². The number of hydrogen-bond donors (Lipinski definition) is 0. The van der Waals surface area contributed by atoms with Crippen molar-refractivity contribution in [2.24, 2.45) is 5.41 Å². The first-order chi connectivity index (χ1) is 12.3. The molecule has 2 aromatic rings. The van der Waals surface area contributed by atoms with Crippen molar-refractivity contribution in [2.75, 3.05) is 25.0 Å². The molecule has 0 fully saturated rings. The van der Waals surface area contributed by atoms with Crippen molar-refractivity contribution in [1.29, 1.82) is 0 Å². The average Bonchev–Trinajstić information content (AvgIpc) is 2.65. The molecule has 0 N–H and O–H groups in total. The lowest BCUT2D eigenvalue weighted by Crippen LogP contribution is -2.43. The standard InChI is InChI=1S/C21H28N4O/c1-6-24(5)19-16-14-25(20(26)21(2,3)4)13-12-17(16)22-18(23-19)15-10-8-7-9-11-15/h7-11H,6,12-14H2,1-5H3. The summed E-state index contributed by atoms with van der Waals surface area (Å²) in [5.74, 6) is 1.87. The summed E-state index contributed by atoms with van der Waals surface area (Å²) in [5, 5.41) is 0. The maximum atomic E-state index is 12.7. The summed E-state index contributed by atoms with van der Waals surface area (Å²) in [5.41, 5.74) is 2.79. The molecule has 138 valence electrons. The molecule has 1 aromatic heterocycles. The Morgan fingerprint density at radius 3 is 2.50 bits per heavy atom. The number of carbonyl (C=O) groups is 1. The first-order valence-electron chi connectivity index (χ1n) is 9.27.